The first-order chi connectivity index (χ1) is 29.8. The number of carbonyl (C=O) groups is 1. The van der Waals surface area contributed by atoms with Crippen molar-refractivity contribution in [2.24, 2.45) is 0 Å². The van der Waals surface area contributed by atoms with E-state index in [9.17, 15) is 15.0 Å². The van der Waals surface area contributed by atoms with E-state index in [-0.39, 0.29) is 54.6 Å². The predicted octanol–water partition coefficient (Wildman–Crippen LogP) is 7.03. The third kappa shape index (κ3) is 10.7. The molecule has 1 aliphatic heterocycles. The van der Waals surface area contributed by atoms with Crippen LogP contribution in [-0.4, -0.2) is 106 Å². The maximum atomic E-state index is 16.1. The number of imidazole rings is 1. The zero-order valence-corrected chi connectivity index (χ0v) is 36.8. The monoisotopic (exact) mass is 859 g/mol. The number of aliphatic hydroxyl groups excluding tert-OH is 2. The molecule has 62 heavy (non-hydrogen) atoms. The number of likely N-dealkylation sites (tertiary alicyclic amines) is 1. The molecule has 16 nitrogen and oxygen atoms in total. The van der Waals surface area contributed by atoms with Crippen LogP contribution in [0.1, 0.15) is 99.9 Å². The Balaban J connectivity index is 1.40. The normalized spacial score (nSPS) is 14.3. The van der Waals surface area contributed by atoms with Gasteiger partial charge in [-0.25, -0.2) is 19.3 Å². The van der Waals surface area contributed by atoms with E-state index in [1.54, 1.807) is 51.5 Å². The van der Waals surface area contributed by atoms with E-state index < -0.39 is 23.8 Å². The van der Waals surface area contributed by atoms with Gasteiger partial charge in [-0.1, -0.05) is 13.3 Å². The Bertz CT molecular complexity index is 2230. The largest absolute Gasteiger partial charge is 0.497 e. The van der Waals surface area contributed by atoms with Gasteiger partial charge in [-0.15, -0.1) is 5.10 Å². The van der Waals surface area contributed by atoms with Gasteiger partial charge in [0.15, 0.2) is 11.5 Å². The highest BCUT2D eigenvalue weighted by molar-refractivity contribution is 5.68. The standard InChI is InChI=1S/C45H58FN7O9/c1-9-10-31(19-22-54)61-43-49-42(52(26-29-11-13-32(57-5)23-37(29)59-7)27-30-12-14-33(58-6)24-38(30)60-8)41-47-25-36(53(41)50-43)39(55)34-15-16-35(48-40(34)46)28-17-20-51(21-18-28)44(56)62-45(2,3)4/h11-16,23-25,28,31,39,54-55H,9-10,17-22,26-27H2,1-8H3. The number of aliphatic hydroxyl groups is 2. The second-order valence-electron chi connectivity index (χ2n) is 16.1. The molecule has 4 heterocycles. The van der Waals surface area contributed by atoms with Crippen LogP contribution in [0.5, 0.6) is 29.0 Å². The van der Waals surface area contributed by atoms with Crippen molar-refractivity contribution in [1.29, 1.82) is 0 Å². The number of hydrogen-bond donors (Lipinski definition) is 2. The summed E-state index contributed by atoms with van der Waals surface area (Å²) >= 11 is 0. The molecule has 2 aromatic carbocycles. The molecule has 2 unspecified atom stereocenters. The van der Waals surface area contributed by atoms with Crippen molar-refractivity contribution in [2.75, 3.05) is 53.0 Å². The lowest BCUT2D eigenvalue weighted by Crippen LogP contribution is -2.41. The van der Waals surface area contributed by atoms with Gasteiger partial charge in [0, 0.05) is 79.6 Å². The molecule has 1 fully saturated rings. The number of methoxy groups -OCH3 is 4. The maximum absolute atomic E-state index is 16.1. The van der Waals surface area contributed by atoms with Crippen LogP contribution in [0.15, 0.2) is 54.7 Å². The summed E-state index contributed by atoms with van der Waals surface area (Å²) in [6, 6.07) is 14.3. The van der Waals surface area contributed by atoms with E-state index in [0.717, 1.165) is 17.5 Å². The van der Waals surface area contributed by atoms with Crippen LogP contribution < -0.4 is 28.6 Å². The lowest BCUT2D eigenvalue weighted by molar-refractivity contribution is 0.0203. The van der Waals surface area contributed by atoms with E-state index in [0.29, 0.717) is 73.3 Å². The van der Waals surface area contributed by atoms with Gasteiger partial charge in [-0.2, -0.15) is 9.37 Å². The van der Waals surface area contributed by atoms with Crippen LogP contribution in [-0.2, 0) is 17.8 Å². The zero-order valence-electron chi connectivity index (χ0n) is 36.8. The summed E-state index contributed by atoms with van der Waals surface area (Å²) in [6.45, 7) is 8.76. The van der Waals surface area contributed by atoms with Crippen molar-refractivity contribution in [2.45, 2.75) is 96.6 Å². The first-order valence-corrected chi connectivity index (χ1v) is 20.8. The number of hydrogen-bond acceptors (Lipinski definition) is 14. The average Bonchev–Trinajstić information content (AvgIpc) is 3.69. The molecule has 2 N–H and O–H groups in total. The summed E-state index contributed by atoms with van der Waals surface area (Å²) in [4.78, 5) is 30.2. The Morgan fingerprint density at radius 2 is 1.53 bits per heavy atom. The van der Waals surface area contributed by atoms with Gasteiger partial charge in [0.05, 0.1) is 40.3 Å². The van der Waals surface area contributed by atoms with Gasteiger partial charge in [0.2, 0.25) is 5.95 Å². The molecule has 0 radical (unpaired) electrons. The molecule has 334 valence electrons. The first-order valence-electron chi connectivity index (χ1n) is 20.8. The molecule has 5 aromatic rings. The zero-order chi connectivity index (χ0) is 44.6. The maximum Gasteiger partial charge on any atom is 0.410 e. The Morgan fingerprint density at radius 1 is 0.903 bits per heavy atom. The van der Waals surface area contributed by atoms with Crippen molar-refractivity contribution in [3.8, 4) is 29.0 Å². The lowest BCUT2D eigenvalue weighted by atomic mass is 9.92. The van der Waals surface area contributed by atoms with Crippen LogP contribution in [0, 0.1) is 5.95 Å². The molecule has 0 aliphatic carbocycles. The van der Waals surface area contributed by atoms with Crippen LogP contribution >= 0.6 is 0 Å². The number of anilines is 1. The SMILES string of the molecule is CCCC(CCO)Oc1nc(N(Cc2ccc(OC)cc2OC)Cc2ccc(OC)cc2OC)c2ncc(C(O)c3ccc(C4CCN(C(=O)OC(C)(C)C)CC4)nc3F)n2n1. The van der Waals surface area contributed by atoms with Crippen LogP contribution in [0.2, 0.25) is 0 Å². The van der Waals surface area contributed by atoms with E-state index in [2.05, 4.69) is 4.98 Å². The second-order valence-corrected chi connectivity index (χ2v) is 16.1. The van der Waals surface area contributed by atoms with Gasteiger partial charge in [0.1, 0.15) is 40.8 Å². The number of pyridine rings is 1. The van der Waals surface area contributed by atoms with Gasteiger partial charge >= 0.3 is 12.1 Å². The molecular formula is C45H58FN7O9. The number of rotatable bonds is 18. The molecule has 2 atom stereocenters. The second kappa shape index (κ2) is 20.3. The summed E-state index contributed by atoms with van der Waals surface area (Å²) in [5, 5.41) is 26.5. The lowest BCUT2D eigenvalue weighted by Gasteiger charge is -2.33. The Hall–Kier alpha value is -5.94. The highest BCUT2D eigenvalue weighted by atomic mass is 19.1. The molecule has 3 aromatic heterocycles. The Kier molecular flexibility index (Phi) is 14.9. The molecular weight excluding hydrogens is 802 g/mol. The van der Waals surface area contributed by atoms with Crippen molar-refractivity contribution >= 4 is 17.6 Å². The predicted molar refractivity (Wildman–Crippen MR) is 229 cm³/mol. The smallest absolute Gasteiger partial charge is 0.410 e. The highest BCUT2D eigenvalue weighted by Crippen LogP contribution is 2.35. The number of halogens is 1. The van der Waals surface area contributed by atoms with Crippen molar-refractivity contribution in [3.05, 3.63) is 88.8 Å². The molecule has 0 saturated carbocycles. The third-order valence-corrected chi connectivity index (χ3v) is 10.7. The molecule has 1 saturated heterocycles. The van der Waals surface area contributed by atoms with Crippen LogP contribution in [0.25, 0.3) is 5.65 Å². The number of ether oxygens (including phenoxy) is 6. The minimum absolute atomic E-state index is 0.0362. The summed E-state index contributed by atoms with van der Waals surface area (Å²) in [5.41, 5.74) is 1.83. The quantitative estimate of drug-likeness (QED) is 0.0860. The van der Waals surface area contributed by atoms with E-state index >= 15 is 4.39 Å². The van der Waals surface area contributed by atoms with Crippen LogP contribution in [0.3, 0.4) is 0 Å². The first kappa shape index (κ1) is 45.6. The topological polar surface area (TPSA) is 175 Å². The fraction of sp³-hybridized carbons (Fsp3) is 0.489. The molecule has 6 rings (SSSR count). The minimum atomic E-state index is -1.54. The Morgan fingerprint density at radius 3 is 2.06 bits per heavy atom. The molecule has 0 bridgehead atoms. The summed E-state index contributed by atoms with van der Waals surface area (Å²) < 4.78 is 51.9. The van der Waals surface area contributed by atoms with Crippen molar-refractivity contribution in [3.63, 3.8) is 0 Å². The van der Waals surface area contributed by atoms with E-state index in [1.165, 1.54) is 16.8 Å². The fourth-order valence-electron chi connectivity index (χ4n) is 7.51. The summed E-state index contributed by atoms with van der Waals surface area (Å²) in [7, 11) is 6.32. The third-order valence-electron chi connectivity index (χ3n) is 10.7. The number of amides is 1. The summed E-state index contributed by atoms with van der Waals surface area (Å²) in [5.74, 6) is 1.78. The van der Waals surface area contributed by atoms with Crippen molar-refractivity contribution < 1.29 is 47.8 Å². The fourth-order valence-corrected chi connectivity index (χ4v) is 7.51. The highest BCUT2D eigenvalue weighted by Gasteiger charge is 2.31. The minimum Gasteiger partial charge on any atom is -0.497 e. The van der Waals surface area contributed by atoms with Gasteiger partial charge < -0.3 is 48.4 Å². The molecule has 17 heteroatoms. The molecule has 1 aliphatic rings. The van der Waals surface area contributed by atoms with Gasteiger partial charge in [-0.05, 0) is 76.4 Å². The van der Waals surface area contributed by atoms with E-state index in [4.69, 9.17) is 43.5 Å². The van der Waals surface area contributed by atoms with Crippen molar-refractivity contribution in [1.82, 2.24) is 29.5 Å². The Labute approximate surface area is 361 Å². The number of nitrogens with zero attached hydrogens (tertiary/aromatic N) is 7. The van der Waals surface area contributed by atoms with E-state index in [1.807, 2.05) is 56.9 Å². The number of piperidine rings is 1. The summed E-state index contributed by atoms with van der Waals surface area (Å²) in [6.07, 6.45) is 1.99. The number of carbonyl (C=O) groups excluding carboxylic acids is 1. The average molecular weight is 860 g/mol. The molecule has 0 spiro atoms. The van der Waals surface area contributed by atoms with Crippen LogP contribution in [0.4, 0.5) is 15.0 Å². The number of benzene rings is 2. The number of fused-ring (bicyclic) bond motifs is 1. The molecule has 1 amide bonds. The number of aromatic nitrogens is 5. The van der Waals surface area contributed by atoms with Gasteiger partial charge in [-0.3, -0.25) is 0 Å². The van der Waals surface area contributed by atoms with Gasteiger partial charge in [0.25, 0.3) is 0 Å².